The number of hydrogen-bond donors (Lipinski definition) is 2. The van der Waals surface area contributed by atoms with Crippen LogP contribution in [0.5, 0.6) is 11.5 Å². The van der Waals surface area contributed by atoms with Gasteiger partial charge in [-0.25, -0.2) is 13.8 Å². The largest absolute Gasteiger partial charge is 0.494 e. The molecule has 11 heteroatoms. The average Bonchev–Trinajstić information content (AvgIpc) is 2.89. The standard InChI is InChI=1S/C27H30N4O6S/c1-4-36-24-16-12-23(13-17-24)31(38(3,34)35)20(2)27(33)30-28-18-21-10-14-25(15-11-21)37-19-26(32)29-22-8-6-5-7-9-22/h5-18,20H,4,19H2,1-3H3,(H,29,32)(H,30,33)/b28-18+. The fourth-order valence-electron chi connectivity index (χ4n) is 3.45. The van der Waals surface area contributed by atoms with E-state index in [4.69, 9.17) is 9.47 Å². The molecule has 0 bridgehead atoms. The van der Waals surface area contributed by atoms with Gasteiger partial charge in [0.25, 0.3) is 11.8 Å². The first-order valence-corrected chi connectivity index (χ1v) is 13.6. The van der Waals surface area contributed by atoms with Gasteiger partial charge in [0.2, 0.25) is 10.0 Å². The summed E-state index contributed by atoms with van der Waals surface area (Å²) in [5, 5.41) is 6.67. The van der Waals surface area contributed by atoms with E-state index in [1.165, 1.54) is 13.1 Å². The molecule has 3 aromatic carbocycles. The summed E-state index contributed by atoms with van der Waals surface area (Å²) in [7, 11) is -3.76. The molecule has 0 aliphatic rings. The monoisotopic (exact) mass is 538 g/mol. The highest BCUT2D eigenvalue weighted by Gasteiger charge is 2.29. The van der Waals surface area contributed by atoms with E-state index in [1.807, 2.05) is 25.1 Å². The molecule has 0 fully saturated rings. The van der Waals surface area contributed by atoms with Crippen molar-refractivity contribution in [1.82, 2.24) is 5.43 Å². The summed E-state index contributed by atoms with van der Waals surface area (Å²) < 4.78 is 36.8. The second-order valence-electron chi connectivity index (χ2n) is 8.17. The predicted octanol–water partition coefficient (Wildman–Crippen LogP) is 3.41. The van der Waals surface area contributed by atoms with Crippen molar-refractivity contribution < 1.29 is 27.5 Å². The molecule has 0 aliphatic heterocycles. The molecule has 38 heavy (non-hydrogen) atoms. The molecule has 3 rings (SSSR count). The zero-order valence-corrected chi connectivity index (χ0v) is 22.1. The van der Waals surface area contributed by atoms with Crippen LogP contribution in [0.4, 0.5) is 11.4 Å². The van der Waals surface area contributed by atoms with Crippen LogP contribution in [0.3, 0.4) is 0 Å². The third kappa shape index (κ3) is 8.34. The van der Waals surface area contributed by atoms with E-state index in [-0.39, 0.29) is 12.5 Å². The topological polar surface area (TPSA) is 126 Å². The molecule has 1 atom stereocenters. The van der Waals surface area contributed by atoms with Gasteiger partial charge in [-0.05, 0) is 80.1 Å². The summed E-state index contributed by atoms with van der Waals surface area (Å²) in [6.45, 7) is 3.65. The number of para-hydroxylation sites is 1. The molecule has 0 aromatic heterocycles. The van der Waals surface area contributed by atoms with Crippen molar-refractivity contribution in [2.24, 2.45) is 5.10 Å². The lowest BCUT2D eigenvalue weighted by atomic mass is 10.2. The molecule has 0 saturated heterocycles. The van der Waals surface area contributed by atoms with E-state index in [2.05, 4.69) is 15.8 Å². The Labute approximate surface area is 222 Å². The fraction of sp³-hybridized carbons (Fsp3) is 0.222. The summed E-state index contributed by atoms with van der Waals surface area (Å²) in [5.41, 5.74) is 4.05. The summed E-state index contributed by atoms with van der Waals surface area (Å²) in [6.07, 6.45) is 2.45. The number of sulfonamides is 1. The number of rotatable bonds is 12. The number of carbonyl (C=O) groups excluding carboxylic acids is 2. The Morgan fingerprint density at radius 1 is 0.947 bits per heavy atom. The number of nitrogens with one attached hydrogen (secondary N) is 2. The van der Waals surface area contributed by atoms with Crippen molar-refractivity contribution in [3.63, 3.8) is 0 Å². The molecule has 0 saturated carbocycles. The minimum atomic E-state index is -3.76. The number of amides is 2. The third-order valence-electron chi connectivity index (χ3n) is 5.19. The van der Waals surface area contributed by atoms with Crippen LogP contribution in [0.1, 0.15) is 19.4 Å². The third-order valence-corrected chi connectivity index (χ3v) is 6.43. The normalized spacial score (nSPS) is 12.0. The number of carbonyl (C=O) groups is 2. The van der Waals surface area contributed by atoms with Crippen LogP contribution >= 0.6 is 0 Å². The Hall–Kier alpha value is -4.38. The molecular formula is C27H30N4O6S. The van der Waals surface area contributed by atoms with Gasteiger partial charge in [-0.15, -0.1) is 0 Å². The van der Waals surface area contributed by atoms with Gasteiger partial charge in [-0.3, -0.25) is 13.9 Å². The minimum absolute atomic E-state index is 0.151. The lowest BCUT2D eigenvalue weighted by molar-refractivity contribution is -0.121. The predicted molar refractivity (Wildman–Crippen MR) is 147 cm³/mol. The summed E-state index contributed by atoms with van der Waals surface area (Å²) in [4.78, 5) is 24.7. The maximum Gasteiger partial charge on any atom is 0.263 e. The van der Waals surface area contributed by atoms with Crippen LogP contribution < -0.4 is 24.5 Å². The maximum atomic E-state index is 12.7. The van der Waals surface area contributed by atoms with Gasteiger partial charge >= 0.3 is 0 Å². The van der Waals surface area contributed by atoms with E-state index in [1.54, 1.807) is 60.7 Å². The van der Waals surface area contributed by atoms with E-state index >= 15 is 0 Å². The van der Waals surface area contributed by atoms with Crippen molar-refractivity contribution in [3.05, 3.63) is 84.4 Å². The maximum absolute atomic E-state index is 12.7. The minimum Gasteiger partial charge on any atom is -0.494 e. The first kappa shape index (κ1) is 28.2. The molecule has 200 valence electrons. The molecule has 10 nitrogen and oxygen atoms in total. The Bertz CT molecular complexity index is 1340. The molecule has 0 radical (unpaired) electrons. The number of ether oxygens (including phenoxy) is 2. The lowest BCUT2D eigenvalue weighted by Crippen LogP contribution is -2.46. The van der Waals surface area contributed by atoms with Gasteiger partial charge in [-0.1, -0.05) is 18.2 Å². The summed E-state index contributed by atoms with van der Waals surface area (Å²) in [6, 6.07) is 21.2. The molecule has 1 unspecified atom stereocenters. The molecule has 0 heterocycles. The smallest absolute Gasteiger partial charge is 0.263 e. The number of nitrogens with zero attached hydrogens (tertiary/aromatic N) is 2. The molecular weight excluding hydrogens is 508 g/mol. The molecule has 2 N–H and O–H groups in total. The highest BCUT2D eigenvalue weighted by atomic mass is 32.2. The van der Waals surface area contributed by atoms with Gasteiger partial charge in [0.15, 0.2) is 6.61 Å². The number of hydrazone groups is 1. The molecule has 0 spiro atoms. The van der Waals surface area contributed by atoms with Crippen LogP contribution in [-0.4, -0.2) is 52.0 Å². The zero-order valence-electron chi connectivity index (χ0n) is 21.3. The van der Waals surface area contributed by atoms with Gasteiger partial charge in [0, 0.05) is 5.69 Å². The highest BCUT2D eigenvalue weighted by molar-refractivity contribution is 7.92. The average molecular weight is 539 g/mol. The number of benzene rings is 3. The second kappa shape index (κ2) is 13.2. The van der Waals surface area contributed by atoms with E-state index < -0.39 is 22.0 Å². The first-order chi connectivity index (χ1) is 18.2. The Kier molecular flexibility index (Phi) is 9.83. The van der Waals surface area contributed by atoms with E-state index in [0.717, 1.165) is 10.6 Å². The van der Waals surface area contributed by atoms with Crippen LogP contribution in [0.25, 0.3) is 0 Å². The van der Waals surface area contributed by atoms with Crippen molar-refractivity contribution in [2.75, 3.05) is 29.1 Å². The van der Waals surface area contributed by atoms with Gasteiger partial charge < -0.3 is 14.8 Å². The number of anilines is 2. The lowest BCUT2D eigenvalue weighted by Gasteiger charge is -2.27. The van der Waals surface area contributed by atoms with Crippen LogP contribution in [0.15, 0.2) is 84.0 Å². The van der Waals surface area contributed by atoms with Crippen LogP contribution in [0.2, 0.25) is 0 Å². The first-order valence-electron chi connectivity index (χ1n) is 11.8. The molecule has 3 aromatic rings. The Balaban J connectivity index is 1.54. The van der Waals surface area contributed by atoms with Crippen LogP contribution in [-0.2, 0) is 19.6 Å². The Morgan fingerprint density at radius 2 is 1.55 bits per heavy atom. The van der Waals surface area contributed by atoms with E-state index in [0.29, 0.717) is 35.0 Å². The fourth-order valence-corrected chi connectivity index (χ4v) is 4.62. The molecule has 0 aliphatic carbocycles. The Morgan fingerprint density at radius 3 is 2.16 bits per heavy atom. The second-order valence-corrected chi connectivity index (χ2v) is 10.0. The van der Waals surface area contributed by atoms with Crippen molar-refractivity contribution in [3.8, 4) is 11.5 Å². The summed E-state index contributed by atoms with van der Waals surface area (Å²) >= 11 is 0. The highest BCUT2D eigenvalue weighted by Crippen LogP contribution is 2.24. The van der Waals surface area contributed by atoms with Crippen molar-refractivity contribution >= 4 is 39.4 Å². The number of hydrogen-bond acceptors (Lipinski definition) is 7. The quantitative estimate of drug-likeness (QED) is 0.269. The van der Waals surface area contributed by atoms with Crippen molar-refractivity contribution in [1.29, 1.82) is 0 Å². The zero-order chi connectivity index (χ0) is 27.5. The van der Waals surface area contributed by atoms with E-state index in [9.17, 15) is 18.0 Å². The molecule has 2 amide bonds. The SMILES string of the molecule is CCOc1ccc(N(C(C)C(=O)N/N=C/c2ccc(OCC(=O)Nc3ccccc3)cc2)S(C)(=O)=O)cc1. The van der Waals surface area contributed by atoms with Gasteiger partial charge in [0.1, 0.15) is 17.5 Å². The van der Waals surface area contributed by atoms with Crippen LogP contribution in [0, 0.1) is 0 Å². The van der Waals surface area contributed by atoms with Crippen molar-refractivity contribution in [2.45, 2.75) is 19.9 Å². The summed E-state index contributed by atoms with van der Waals surface area (Å²) in [5.74, 6) is 0.192. The van der Waals surface area contributed by atoms with Gasteiger partial charge in [0.05, 0.1) is 24.8 Å². The van der Waals surface area contributed by atoms with Gasteiger partial charge in [-0.2, -0.15) is 5.10 Å².